The number of nitrogens with one attached hydrogen (secondary N) is 2. The fourth-order valence-corrected chi connectivity index (χ4v) is 2.81. The Balaban J connectivity index is 1.86. The highest BCUT2D eigenvalue weighted by atomic mass is 35.5. The molecule has 134 valence electrons. The van der Waals surface area contributed by atoms with E-state index in [2.05, 4.69) is 25.7 Å². The molecule has 3 rings (SSSR count). The Morgan fingerprint density at radius 3 is 2.80 bits per heavy atom. The predicted molar refractivity (Wildman–Crippen MR) is 92.5 cm³/mol. The number of rotatable bonds is 5. The van der Waals surface area contributed by atoms with E-state index in [4.69, 9.17) is 21.1 Å². The molecule has 0 spiro atoms. The average Bonchev–Trinajstić information content (AvgIpc) is 3.11. The zero-order chi connectivity index (χ0) is 17.8. The molecule has 0 bridgehead atoms. The van der Waals surface area contributed by atoms with Crippen LogP contribution in [0.15, 0.2) is 12.4 Å². The first-order valence-electron chi connectivity index (χ1n) is 7.85. The van der Waals surface area contributed by atoms with Crippen LogP contribution in [0.5, 0.6) is 0 Å². The van der Waals surface area contributed by atoms with Crippen molar-refractivity contribution in [2.24, 2.45) is 0 Å². The Bertz CT molecular complexity index is 760. The zero-order valence-electron chi connectivity index (χ0n) is 14.0. The number of esters is 1. The van der Waals surface area contributed by atoms with Crippen molar-refractivity contribution >= 4 is 34.9 Å². The van der Waals surface area contributed by atoms with Crippen LogP contribution < -0.4 is 10.6 Å². The molecule has 1 aliphatic rings. The van der Waals surface area contributed by atoms with Gasteiger partial charge >= 0.3 is 5.97 Å². The van der Waals surface area contributed by atoms with Crippen molar-refractivity contribution in [1.29, 1.82) is 0 Å². The van der Waals surface area contributed by atoms with Gasteiger partial charge in [0.25, 0.3) is 0 Å². The molecule has 0 aromatic carbocycles. The van der Waals surface area contributed by atoms with Crippen molar-refractivity contribution in [3.63, 3.8) is 0 Å². The Hall–Kier alpha value is -2.39. The molecular formula is C15H19ClN6O3. The fourth-order valence-electron chi connectivity index (χ4n) is 2.59. The minimum absolute atomic E-state index is 0.00492. The molecule has 0 atom stereocenters. The van der Waals surface area contributed by atoms with Gasteiger partial charge in [-0.2, -0.15) is 5.10 Å². The van der Waals surface area contributed by atoms with Crippen LogP contribution in [0.4, 0.5) is 17.3 Å². The molecule has 2 N–H and O–H groups in total. The fraction of sp³-hybridized carbons (Fsp3) is 0.467. The maximum absolute atomic E-state index is 12.0. The normalized spacial score (nSPS) is 15.0. The predicted octanol–water partition coefficient (Wildman–Crippen LogP) is 2.25. The summed E-state index contributed by atoms with van der Waals surface area (Å²) in [5.74, 6) is -0.0304. The third kappa shape index (κ3) is 3.83. The van der Waals surface area contributed by atoms with Gasteiger partial charge in [0, 0.05) is 26.5 Å². The molecule has 0 saturated carbocycles. The highest BCUT2D eigenvalue weighted by Gasteiger charge is 2.21. The standard InChI is InChI=1S/C15H19ClN6O3/c1-17-14-12(16)20-11(15(23)24-2)13(21-14)19-9-7-18-22(8-9)10-3-5-25-6-4-10/h7-8,10H,3-6H2,1-2H3,(H2,17,19,21). The molecule has 25 heavy (non-hydrogen) atoms. The summed E-state index contributed by atoms with van der Waals surface area (Å²) in [6, 6.07) is 0.300. The van der Waals surface area contributed by atoms with Crippen molar-refractivity contribution < 1.29 is 14.3 Å². The first-order chi connectivity index (χ1) is 12.1. The summed E-state index contributed by atoms with van der Waals surface area (Å²) in [7, 11) is 2.94. The third-order valence-corrected chi connectivity index (χ3v) is 4.16. The molecule has 2 aromatic rings. The van der Waals surface area contributed by atoms with Gasteiger partial charge < -0.3 is 20.1 Å². The van der Waals surface area contributed by atoms with Gasteiger partial charge in [-0.15, -0.1) is 0 Å². The van der Waals surface area contributed by atoms with Gasteiger partial charge in [-0.1, -0.05) is 11.6 Å². The summed E-state index contributed by atoms with van der Waals surface area (Å²) in [5.41, 5.74) is 0.695. The molecule has 1 saturated heterocycles. The van der Waals surface area contributed by atoms with Crippen molar-refractivity contribution in [1.82, 2.24) is 19.7 Å². The lowest BCUT2D eigenvalue weighted by Crippen LogP contribution is -2.19. The number of carbonyl (C=O) groups is 1. The van der Waals surface area contributed by atoms with Crippen molar-refractivity contribution in [3.8, 4) is 0 Å². The van der Waals surface area contributed by atoms with Crippen molar-refractivity contribution in [2.45, 2.75) is 18.9 Å². The molecule has 3 heterocycles. The van der Waals surface area contributed by atoms with Crippen LogP contribution in [0.2, 0.25) is 5.15 Å². The molecule has 9 nitrogen and oxygen atoms in total. The number of carbonyl (C=O) groups excluding carboxylic acids is 1. The lowest BCUT2D eigenvalue weighted by atomic mass is 10.1. The maximum atomic E-state index is 12.0. The number of anilines is 3. The molecule has 0 radical (unpaired) electrons. The largest absolute Gasteiger partial charge is 0.464 e. The smallest absolute Gasteiger partial charge is 0.360 e. The monoisotopic (exact) mass is 366 g/mol. The number of ether oxygens (including phenoxy) is 2. The Kier molecular flexibility index (Phi) is 5.34. The second kappa shape index (κ2) is 7.66. The highest BCUT2D eigenvalue weighted by molar-refractivity contribution is 6.32. The lowest BCUT2D eigenvalue weighted by Gasteiger charge is -2.22. The van der Waals surface area contributed by atoms with Gasteiger partial charge in [0.05, 0.1) is 25.0 Å². The minimum Gasteiger partial charge on any atom is -0.464 e. The molecule has 2 aromatic heterocycles. The number of aromatic nitrogens is 4. The van der Waals surface area contributed by atoms with Crippen LogP contribution in [0, 0.1) is 0 Å². The van der Waals surface area contributed by atoms with Gasteiger partial charge in [0.2, 0.25) is 0 Å². The van der Waals surface area contributed by atoms with Gasteiger partial charge in [0.1, 0.15) is 0 Å². The first kappa shape index (κ1) is 17.4. The van der Waals surface area contributed by atoms with E-state index in [9.17, 15) is 4.79 Å². The highest BCUT2D eigenvalue weighted by Crippen LogP contribution is 2.26. The molecule has 10 heteroatoms. The van der Waals surface area contributed by atoms with Crippen LogP contribution in [0.1, 0.15) is 29.4 Å². The zero-order valence-corrected chi connectivity index (χ0v) is 14.7. The van der Waals surface area contributed by atoms with Gasteiger partial charge in [0.15, 0.2) is 22.5 Å². The van der Waals surface area contributed by atoms with Gasteiger partial charge in [-0.05, 0) is 12.8 Å². The number of nitrogens with zero attached hydrogens (tertiary/aromatic N) is 4. The lowest BCUT2D eigenvalue weighted by molar-refractivity contribution is 0.0595. The van der Waals surface area contributed by atoms with E-state index in [1.54, 1.807) is 13.2 Å². The van der Waals surface area contributed by atoms with Crippen LogP contribution in [-0.4, -0.2) is 53.1 Å². The van der Waals surface area contributed by atoms with Gasteiger partial charge in [-0.25, -0.2) is 14.8 Å². The third-order valence-electron chi connectivity index (χ3n) is 3.90. The average molecular weight is 367 g/mol. The molecule has 1 aliphatic heterocycles. The first-order valence-corrected chi connectivity index (χ1v) is 8.22. The van der Waals surface area contributed by atoms with E-state index in [1.807, 2.05) is 10.9 Å². The van der Waals surface area contributed by atoms with Crippen LogP contribution in [0.25, 0.3) is 0 Å². The summed E-state index contributed by atoms with van der Waals surface area (Å²) >= 11 is 6.01. The Labute approximate surface area is 149 Å². The van der Waals surface area contributed by atoms with E-state index in [1.165, 1.54) is 7.11 Å². The summed E-state index contributed by atoms with van der Waals surface area (Å²) in [6.45, 7) is 1.46. The van der Waals surface area contributed by atoms with Crippen LogP contribution in [0.3, 0.4) is 0 Å². The van der Waals surface area contributed by atoms with Gasteiger partial charge in [-0.3, -0.25) is 4.68 Å². The second-order valence-corrected chi connectivity index (χ2v) is 5.84. The summed E-state index contributed by atoms with van der Waals surface area (Å²) in [4.78, 5) is 20.3. The number of hydrogen-bond acceptors (Lipinski definition) is 8. The molecule has 0 unspecified atom stereocenters. The van der Waals surface area contributed by atoms with E-state index in [0.29, 0.717) is 17.5 Å². The number of halogens is 1. The second-order valence-electron chi connectivity index (χ2n) is 5.48. The van der Waals surface area contributed by atoms with Crippen molar-refractivity contribution in [3.05, 3.63) is 23.2 Å². The van der Waals surface area contributed by atoms with Crippen molar-refractivity contribution in [2.75, 3.05) is 38.0 Å². The molecule has 0 aliphatic carbocycles. The minimum atomic E-state index is -0.628. The van der Waals surface area contributed by atoms with E-state index in [-0.39, 0.29) is 16.7 Å². The summed E-state index contributed by atoms with van der Waals surface area (Å²) in [5, 5.41) is 10.4. The van der Waals surface area contributed by atoms with E-state index >= 15 is 0 Å². The topological polar surface area (TPSA) is 103 Å². The quantitative estimate of drug-likeness (QED) is 0.776. The van der Waals surface area contributed by atoms with Crippen LogP contribution >= 0.6 is 11.6 Å². The SMILES string of the molecule is CNc1nc(Nc2cnn(C3CCOCC3)c2)c(C(=O)OC)nc1Cl. The number of hydrogen-bond donors (Lipinski definition) is 2. The van der Waals surface area contributed by atoms with Crippen LogP contribution in [-0.2, 0) is 9.47 Å². The van der Waals surface area contributed by atoms with E-state index < -0.39 is 5.97 Å². The molecular weight excluding hydrogens is 348 g/mol. The Morgan fingerprint density at radius 2 is 2.12 bits per heavy atom. The molecule has 0 amide bonds. The summed E-state index contributed by atoms with van der Waals surface area (Å²) in [6.07, 6.45) is 5.37. The van der Waals surface area contributed by atoms with E-state index in [0.717, 1.165) is 26.1 Å². The Morgan fingerprint density at radius 1 is 1.36 bits per heavy atom. The number of methoxy groups -OCH3 is 1. The molecule has 1 fully saturated rings. The maximum Gasteiger partial charge on any atom is 0.360 e. The summed E-state index contributed by atoms with van der Waals surface area (Å²) < 4.78 is 12.0.